The van der Waals surface area contributed by atoms with E-state index in [1.54, 1.807) is 0 Å². The quantitative estimate of drug-likeness (QED) is 0.895. The summed E-state index contributed by atoms with van der Waals surface area (Å²) in [7, 11) is 4.08. The Hall–Kier alpha value is -1.04. The van der Waals surface area contributed by atoms with Gasteiger partial charge in [-0.3, -0.25) is 4.90 Å². The fourth-order valence-electron chi connectivity index (χ4n) is 3.05. The van der Waals surface area contributed by atoms with Crippen LogP contribution in [0, 0.1) is 17.6 Å². The van der Waals surface area contributed by atoms with Gasteiger partial charge in [0.25, 0.3) is 0 Å². The molecule has 1 aromatic rings. The van der Waals surface area contributed by atoms with Crippen LogP contribution >= 0.6 is 0 Å². The Morgan fingerprint density at radius 1 is 1.35 bits per heavy atom. The summed E-state index contributed by atoms with van der Waals surface area (Å²) in [4.78, 5) is 4.41. The summed E-state index contributed by atoms with van der Waals surface area (Å²) in [5.74, 6) is -0.502. The van der Waals surface area contributed by atoms with Crippen molar-refractivity contribution in [2.75, 3.05) is 40.3 Å². The molecule has 3 nitrogen and oxygen atoms in total. The number of benzene rings is 1. The van der Waals surface area contributed by atoms with Crippen LogP contribution in [0.1, 0.15) is 18.0 Å². The third-order valence-electron chi connectivity index (χ3n) is 4.06. The zero-order valence-electron chi connectivity index (χ0n) is 12.1. The van der Waals surface area contributed by atoms with Gasteiger partial charge in [0, 0.05) is 31.7 Å². The van der Waals surface area contributed by atoms with Crippen LogP contribution in [0.15, 0.2) is 18.2 Å². The number of hydrogen-bond acceptors (Lipinski definition) is 3. The SMILES string of the molecule is CN1CCC(CN(C)C(CN)c2cc(F)cc(F)c2)C1. The first-order chi connectivity index (χ1) is 9.49. The summed E-state index contributed by atoms with van der Waals surface area (Å²) in [6.45, 7) is 3.42. The molecule has 1 heterocycles. The zero-order chi connectivity index (χ0) is 14.7. The number of rotatable bonds is 5. The third kappa shape index (κ3) is 3.75. The number of hydrogen-bond donors (Lipinski definition) is 1. The standard InChI is InChI=1S/C15H23F2N3/c1-19-4-3-11(9-19)10-20(2)15(8-18)12-5-13(16)7-14(17)6-12/h5-7,11,15H,3-4,8-10,18H2,1-2H3. The normalized spacial score (nSPS) is 21.6. The Labute approximate surface area is 119 Å². The molecule has 0 spiro atoms. The van der Waals surface area contributed by atoms with Crippen molar-refractivity contribution in [3.8, 4) is 0 Å². The maximum absolute atomic E-state index is 13.3. The van der Waals surface area contributed by atoms with Crippen molar-refractivity contribution < 1.29 is 8.78 Å². The summed E-state index contributed by atoms with van der Waals surface area (Å²) in [6, 6.07) is 3.49. The first-order valence-electron chi connectivity index (χ1n) is 7.04. The molecular weight excluding hydrogens is 260 g/mol. The highest BCUT2D eigenvalue weighted by Crippen LogP contribution is 2.24. The van der Waals surface area contributed by atoms with E-state index in [9.17, 15) is 8.78 Å². The van der Waals surface area contributed by atoms with Crippen LogP contribution in [0.25, 0.3) is 0 Å². The minimum atomic E-state index is -0.549. The number of likely N-dealkylation sites (N-methyl/N-ethyl adjacent to an activating group) is 1. The van der Waals surface area contributed by atoms with Gasteiger partial charge in [-0.15, -0.1) is 0 Å². The average Bonchev–Trinajstić information content (AvgIpc) is 2.74. The van der Waals surface area contributed by atoms with Crippen LogP contribution in [-0.4, -0.2) is 50.1 Å². The van der Waals surface area contributed by atoms with Crippen molar-refractivity contribution in [2.24, 2.45) is 11.7 Å². The van der Waals surface area contributed by atoms with Crippen molar-refractivity contribution in [3.05, 3.63) is 35.4 Å². The first-order valence-corrected chi connectivity index (χ1v) is 7.04. The highest BCUT2D eigenvalue weighted by Gasteiger charge is 2.24. The topological polar surface area (TPSA) is 32.5 Å². The Bertz CT molecular complexity index is 432. The molecule has 2 rings (SSSR count). The van der Waals surface area contributed by atoms with Gasteiger partial charge in [0.05, 0.1) is 0 Å². The second-order valence-electron chi connectivity index (χ2n) is 5.81. The fourth-order valence-corrected chi connectivity index (χ4v) is 3.05. The lowest BCUT2D eigenvalue weighted by molar-refractivity contribution is 0.211. The number of nitrogens with two attached hydrogens (primary N) is 1. The molecule has 1 aliphatic heterocycles. The molecule has 1 fully saturated rings. The van der Waals surface area contributed by atoms with E-state index in [1.165, 1.54) is 12.1 Å². The van der Waals surface area contributed by atoms with Crippen molar-refractivity contribution >= 4 is 0 Å². The minimum absolute atomic E-state index is 0.147. The lowest BCUT2D eigenvalue weighted by Gasteiger charge is -2.29. The molecule has 112 valence electrons. The molecule has 0 bridgehead atoms. The van der Waals surface area contributed by atoms with Gasteiger partial charge in [-0.25, -0.2) is 8.78 Å². The number of halogens is 2. The monoisotopic (exact) mass is 283 g/mol. The third-order valence-corrected chi connectivity index (χ3v) is 4.06. The molecule has 0 saturated carbocycles. The van der Waals surface area contributed by atoms with E-state index in [2.05, 4.69) is 16.8 Å². The van der Waals surface area contributed by atoms with Crippen LogP contribution in [0.4, 0.5) is 8.78 Å². The van der Waals surface area contributed by atoms with Crippen molar-refractivity contribution in [2.45, 2.75) is 12.5 Å². The van der Waals surface area contributed by atoms with Gasteiger partial charge in [-0.1, -0.05) is 0 Å². The summed E-state index contributed by atoms with van der Waals surface area (Å²) in [6.07, 6.45) is 1.16. The molecule has 1 aliphatic rings. The van der Waals surface area contributed by atoms with Gasteiger partial charge in [0.2, 0.25) is 0 Å². The van der Waals surface area contributed by atoms with Gasteiger partial charge in [0.1, 0.15) is 11.6 Å². The molecule has 0 radical (unpaired) electrons. The summed E-state index contributed by atoms with van der Waals surface area (Å²) in [5.41, 5.74) is 6.42. The molecular formula is C15H23F2N3. The first kappa shape index (κ1) is 15.4. The summed E-state index contributed by atoms with van der Waals surface area (Å²) in [5, 5.41) is 0. The van der Waals surface area contributed by atoms with Crippen LogP contribution in [-0.2, 0) is 0 Å². The average molecular weight is 283 g/mol. The highest BCUT2D eigenvalue weighted by atomic mass is 19.1. The number of likely N-dealkylation sites (tertiary alicyclic amines) is 1. The predicted octanol–water partition coefficient (Wildman–Crippen LogP) is 1.85. The van der Waals surface area contributed by atoms with Gasteiger partial charge >= 0.3 is 0 Å². The smallest absolute Gasteiger partial charge is 0.126 e. The molecule has 0 aromatic heterocycles. The lowest BCUT2D eigenvalue weighted by Crippen LogP contribution is -2.35. The predicted molar refractivity (Wildman–Crippen MR) is 76.4 cm³/mol. The zero-order valence-corrected chi connectivity index (χ0v) is 12.1. The van der Waals surface area contributed by atoms with Crippen LogP contribution in [0.5, 0.6) is 0 Å². The fraction of sp³-hybridized carbons (Fsp3) is 0.600. The Morgan fingerprint density at radius 2 is 2.00 bits per heavy atom. The Kier molecular flexibility index (Phi) is 5.07. The van der Waals surface area contributed by atoms with Crippen LogP contribution in [0.3, 0.4) is 0 Å². The van der Waals surface area contributed by atoms with Crippen LogP contribution in [0.2, 0.25) is 0 Å². The van der Waals surface area contributed by atoms with E-state index in [-0.39, 0.29) is 6.04 Å². The van der Waals surface area contributed by atoms with E-state index in [1.807, 2.05) is 7.05 Å². The molecule has 2 atom stereocenters. The molecule has 5 heteroatoms. The minimum Gasteiger partial charge on any atom is -0.329 e. The van der Waals surface area contributed by atoms with Crippen molar-refractivity contribution in [1.82, 2.24) is 9.80 Å². The molecule has 0 amide bonds. The molecule has 0 aliphatic carbocycles. The summed E-state index contributed by atoms with van der Waals surface area (Å²) >= 11 is 0. The van der Waals surface area contributed by atoms with E-state index >= 15 is 0 Å². The molecule has 2 N–H and O–H groups in total. The number of nitrogens with zero attached hydrogens (tertiary/aromatic N) is 2. The molecule has 1 aromatic carbocycles. The summed E-state index contributed by atoms with van der Waals surface area (Å²) < 4.78 is 26.7. The highest BCUT2D eigenvalue weighted by molar-refractivity contribution is 5.22. The molecule has 20 heavy (non-hydrogen) atoms. The maximum Gasteiger partial charge on any atom is 0.126 e. The Morgan fingerprint density at radius 3 is 2.50 bits per heavy atom. The largest absolute Gasteiger partial charge is 0.329 e. The lowest BCUT2D eigenvalue weighted by atomic mass is 10.0. The maximum atomic E-state index is 13.3. The van der Waals surface area contributed by atoms with E-state index in [0.29, 0.717) is 18.0 Å². The van der Waals surface area contributed by atoms with E-state index in [0.717, 1.165) is 32.1 Å². The second-order valence-corrected chi connectivity index (χ2v) is 5.81. The van der Waals surface area contributed by atoms with Gasteiger partial charge < -0.3 is 10.6 Å². The van der Waals surface area contributed by atoms with E-state index in [4.69, 9.17) is 5.73 Å². The second kappa shape index (κ2) is 6.61. The van der Waals surface area contributed by atoms with E-state index < -0.39 is 11.6 Å². The Balaban J connectivity index is 2.06. The van der Waals surface area contributed by atoms with Gasteiger partial charge in [0.15, 0.2) is 0 Å². The van der Waals surface area contributed by atoms with Gasteiger partial charge in [-0.2, -0.15) is 0 Å². The van der Waals surface area contributed by atoms with Crippen molar-refractivity contribution in [1.29, 1.82) is 0 Å². The van der Waals surface area contributed by atoms with Crippen molar-refractivity contribution in [3.63, 3.8) is 0 Å². The van der Waals surface area contributed by atoms with Gasteiger partial charge in [-0.05, 0) is 50.7 Å². The molecule has 2 unspecified atom stereocenters. The molecule has 1 saturated heterocycles. The van der Waals surface area contributed by atoms with Crippen LogP contribution < -0.4 is 5.73 Å².